The van der Waals surface area contributed by atoms with E-state index in [4.69, 9.17) is 45.0 Å². The normalized spacial score (nSPS) is 30.3. The molecular formula is C6H10Cl4O2P2. The lowest BCUT2D eigenvalue weighted by Gasteiger charge is -2.31. The van der Waals surface area contributed by atoms with Gasteiger partial charge in [0.25, 0.3) is 11.7 Å². The van der Waals surface area contributed by atoms with E-state index in [9.17, 15) is 9.13 Å². The number of hydrogen-bond acceptors (Lipinski definition) is 2. The number of rotatable bonds is 2. The Labute approximate surface area is 103 Å². The van der Waals surface area contributed by atoms with Gasteiger partial charge in [0.1, 0.15) is 0 Å². The minimum absolute atomic E-state index is 0.514. The third-order valence-corrected chi connectivity index (χ3v) is 8.49. The van der Waals surface area contributed by atoms with Crippen molar-refractivity contribution >= 4 is 56.7 Å². The highest BCUT2D eigenvalue weighted by atomic mass is 35.9. The van der Waals surface area contributed by atoms with Crippen molar-refractivity contribution in [3.05, 3.63) is 0 Å². The molecule has 0 amide bonds. The fraction of sp³-hybridized carbons (Fsp3) is 1.00. The Morgan fingerprint density at radius 3 is 1.29 bits per heavy atom. The van der Waals surface area contributed by atoms with Gasteiger partial charge in [-0.2, -0.15) is 0 Å². The Morgan fingerprint density at radius 2 is 1.07 bits per heavy atom. The molecule has 84 valence electrons. The van der Waals surface area contributed by atoms with Crippen LogP contribution < -0.4 is 0 Å². The van der Waals surface area contributed by atoms with E-state index in [0.717, 1.165) is 12.8 Å². The third kappa shape index (κ3) is 3.58. The molecule has 14 heavy (non-hydrogen) atoms. The van der Waals surface area contributed by atoms with E-state index in [2.05, 4.69) is 0 Å². The average molecular weight is 318 g/mol. The van der Waals surface area contributed by atoms with E-state index in [1.807, 2.05) is 0 Å². The van der Waals surface area contributed by atoms with E-state index >= 15 is 0 Å². The lowest BCUT2D eigenvalue weighted by atomic mass is 10.00. The van der Waals surface area contributed by atoms with Crippen LogP contribution >= 0.6 is 56.7 Å². The van der Waals surface area contributed by atoms with Crippen LogP contribution in [0, 0.1) is 0 Å². The van der Waals surface area contributed by atoms with E-state index in [1.165, 1.54) is 0 Å². The maximum atomic E-state index is 11.5. The second-order valence-electron chi connectivity index (χ2n) is 3.42. The van der Waals surface area contributed by atoms with Gasteiger partial charge in [-0.25, -0.2) is 0 Å². The first kappa shape index (κ1) is 13.7. The van der Waals surface area contributed by atoms with Crippen LogP contribution in [0.2, 0.25) is 0 Å². The molecule has 0 radical (unpaired) electrons. The van der Waals surface area contributed by atoms with Crippen molar-refractivity contribution in [2.45, 2.75) is 37.0 Å². The molecule has 0 N–H and O–H groups in total. The zero-order valence-electron chi connectivity index (χ0n) is 7.21. The molecule has 0 heterocycles. The fourth-order valence-corrected chi connectivity index (χ4v) is 8.73. The molecular weight excluding hydrogens is 308 g/mol. The van der Waals surface area contributed by atoms with Gasteiger partial charge in [0.2, 0.25) is 0 Å². The highest BCUT2D eigenvalue weighted by Crippen LogP contribution is 2.73. The van der Waals surface area contributed by atoms with Crippen LogP contribution in [-0.4, -0.2) is 11.3 Å². The zero-order chi connectivity index (χ0) is 11.0. The second kappa shape index (κ2) is 4.86. The van der Waals surface area contributed by atoms with Gasteiger partial charge in [-0.3, -0.25) is 9.13 Å². The molecule has 0 saturated heterocycles. The van der Waals surface area contributed by atoms with Gasteiger partial charge in [-0.1, -0.05) is 12.8 Å². The first-order chi connectivity index (χ1) is 6.23. The van der Waals surface area contributed by atoms with Gasteiger partial charge in [0.15, 0.2) is 0 Å². The molecule has 1 aliphatic carbocycles. The molecule has 2 unspecified atom stereocenters. The Balaban J connectivity index is 2.91. The van der Waals surface area contributed by atoms with Gasteiger partial charge >= 0.3 is 0 Å². The Kier molecular flexibility index (Phi) is 4.75. The Morgan fingerprint density at radius 1 is 0.786 bits per heavy atom. The van der Waals surface area contributed by atoms with E-state index < -0.39 is 23.0 Å². The number of hydrogen-bond donors (Lipinski definition) is 0. The summed E-state index contributed by atoms with van der Waals surface area (Å²) in [5.41, 5.74) is -1.03. The maximum absolute atomic E-state index is 11.5. The molecule has 1 fully saturated rings. The fourth-order valence-electron chi connectivity index (χ4n) is 1.79. The first-order valence-corrected chi connectivity index (χ1v) is 11.4. The van der Waals surface area contributed by atoms with E-state index in [0.29, 0.717) is 12.8 Å². The second-order valence-corrected chi connectivity index (χ2v) is 13.8. The number of halogens is 4. The smallest absolute Gasteiger partial charge is 0.256 e. The van der Waals surface area contributed by atoms with Crippen LogP contribution in [0.5, 0.6) is 0 Å². The summed E-state index contributed by atoms with van der Waals surface area (Å²) >= 11 is 22.4. The van der Waals surface area contributed by atoms with Crippen molar-refractivity contribution in [3.63, 3.8) is 0 Å². The molecule has 0 aromatic rings. The van der Waals surface area contributed by atoms with Gasteiger partial charge in [0.05, 0.1) is 11.3 Å². The molecule has 0 bridgehead atoms. The van der Waals surface area contributed by atoms with Gasteiger partial charge in [-0.05, 0) is 57.8 Å². The van der Waals surface area contributed by atoms with Crippen LogP contribution in [0.1, 0.15) is 25.7 Å². The van der Waals surface area contributed by atoms with Crippen LogP contribution in [0.25, 0.3) is 0 Å². The lowest BCUT2D eigenvalue weighted by Crippen LogP contribution is -2.25. The van der Waals surface area contributed by atoms with Gasteiger partial charge in [-0.15, -0.1) is 0 Å². The Hall–Kier alpha value is 1.62. The van der Waals surface area contributed by atoms with Crippen LogP contribution in [0.4, 0.5) is 0 Å². The standard InChI is InChI=1S/C6H10Cl4O2P2/c7-13(8,11)5-3-1-2-4-6(5)14(9,10)12/h5-6H,1-4H2. The molecule has 1 saturated carbocycles. The van der Waals surface area contributed by atoms with Crippen molar-refractivity contribution < 1.29 is 9.13 Å². The Bertz CT molecular complexity index is 266. The predicted octanol–water partition coefficient (Wildman–Crippen LogP) is 5.64. The average Bonchev–Trinajstić information content (AvgIpc) is 2.01. The van der Waals surface area contributed by atoms with Crippen molar-refractivity contribution in [2.75, 3.05) is 0 Å². The zero-order valence-corrected chi connectivity index (χ0v) is 12.0. The summed E-state index contributed by atoms with van der Waals surface area (Å²) < 4.78 is 23.0. The van der Waals surface area contributed by atoms with Crippen molar-refractivity contribution in [2.24, 2.45) is 0 Å². The molecule has 1 rings (SSSR count). The summed E-state index contributed by atoms with van der Waals surface area (Å²) in [6, 6.07) is 0. The van der Waals surface area contributed by atoms with E-state index in [-0.39, 0.29) is 0 Å². The molecule has 2 nitrogen and oxygen atoms in total. The quantitative estimate of drug-likeness (QED) is 0.618. The minimum atomic E-state index is -3.29. The van der Waals surface area contributed by atoms with Crippen molar-refractivity contribution in [1.29, 1.82) is 0 Å². The summed E-state index contributed by atoms with van der Waals surface area (Å²) in [6.07, 6.45) is 2.91. The molecule has 0 aliphatic heterocycles. The largest absolute Gasteiger partial charge is 0.289 e. The van der Waals surface area contributed by atoms with Gasteiger partial charge < -0.3 is 0 Å². The highest BCUT2D eigenvalue weighted by molar-refractivity contribution is 8.12. The summed E-state index contributed by atoms with van der Waals surface area (Å²) in [5, 5.41) is 0. The van der Waals surface area contributed by atoms with Crippen molar-refractivity contribution in [3.8, 4) is 0 Å². The van der Waals surface area contributed by atoms with E-state index in [1.54, 1.807) is 0 Å². The van der Waals surface area contributed by atoms with Crippen LogP contribution in [0.3, 0.4) is 0 Å². The van der Waals surface area contributed by atoms with Gasteiger partial charge in [0, 0.05) is 0 Å². The lowest BCUT2D eigenvalue weighted by molar-refractivity contribution is 0.486. The third-order valence-electron chi connectivity index (χ3n) is 2.47. The molecule has 0 spiro atoms. The van der Waals surface area contributed by atoms with Crippen LogP contribution in [-0.2, 0) is 9.13 Å². The summed E-state index contributed by atoms with van der Waals surface area (Å²) in [7, 11) is 0. The summed E-state index contributed by atoms with van der Waals surface area (Å²) in [5.74, 6) is -6.58. The monoisotopic (exact) mass is 316 g/mol. The highest BCUT2D eigenvalue weighted by Gasteiger charge is 2.45. The SMILES string of the molecule is O=P(Cl)(Cl)C1CCCCC1P(=O)(Cl)Cl. The molecule has 0 aromatic heterocycles. The molecule has 8 heteroatoms. The van der Waals surface area contributed by atoms with Crippen molar-refractivity contribution in [1.82, 2.24) is 0 Å². The first-order valence-electron chi connectivity index (χ1n) is 4.21. The van der Waals surface area contributed by atoms with Crippen LogP contribution in [0.15, 0.2) is 0 Å². The topological polar surface area (TPSA) is 34.1 Å². The summed E-state index contributed by atoms with van der Waals surface area (Å²) in [4.78, 5) is 0. The summed E-state index contributed by atoms with van der Waals surface area (Å²) in [6.45, 7) is 0. The molecule has 2 atom stereocenters. The minimum Gasteiger partial charge on any atom is -0.289 e. The predicted molar refractivity (Wildman–Crippen MR) is 64.7 cm³/mol. The maximum Gasteiger partial charge on any atom is 0.256 e. The molecule has 0 aromatic carbocycles. The molecule has 1 aliphatic rings.